The van der Waals surface area contributed by atoms with Crippen LogP contribution in [0.5, 0.6) is 0 Å². The van der Waals surface area contributed by atoms with Gasteiger partial charge in [0.1, 0.15) is 0 Å². The van der Waals surface area contributed by atoms with Crippen molar-refractivity contribution in [3.8, 4) is 0 Å². The van der Waals surface area contributed by atoms with Crippen LogP contribution < -0.4 is 11.0 Å². The van der Waals surface area contributed by atoms with Gasteiger partial charge in [-0.2, -0.15) is 5.10 Å². The molecule has 0 aromatic carbocycles. The van der Waals surface area contributed by atoms with Crippen molar-refractivity contribution in [3.63, 3.8) is 0 Å². The van der Waals surface area contributed by atoms with E-state index in [1.54, 1.807) is 0 Å². The number of nitrogens with one attached hydrogen (secondary N) is 2. The monoisotopic (exact) mass is 249 g/mol. The number of nitrogens with zero attached hydrogens (tertiary/aromatic N) is 3. The Hall–Kier alpha value is -1.85. The number of aryl methyl sites for hydroxylation is 1. The van der Waals surface area contributed by atoms with Crippen LogP contribution in [0.2, 0.25) is 0 Å². The van der Waals surface area contributed by atoms with Crippen molar-refractivity contribution >= 4 is 11.6 Å². The molecule has 6 nitrogen and oxygen atoms in total. The van der Waals surface area contributed by atoms with E-state index in [1.807, 2.05) is 6.07 Å². The summed E-state index contributed by atoms with van der Waals surface area (Å²) in [6.45, 7) is 6.25. The zero-order valence-corrected chi connectivity index (χ0v) is 11.0. The standard InChI is InChI=1S/C12H19N5O/c1-4-6-9-7-10-15-16-12(18)17(10)11(14-9)13-8(3)5-2/h7-8H,4-6H2,1-3H3,(H,13,14)(H,16,18)/t8-/m0/s1. The van der Waals surface area contributed by atoms with E-state index in [9.17, 15) is 4.79 Å². The zero-order chi connectivity index (χ0) is 13.1. The molecule has 98 valence electrons. The second-order valence-electron chi connectivity index (χ2n) is 4.50. The van der Waals surface area contributed by atoms with E-state index in [4.69, 9.17) is 0 Å². The van der Waals surface area contributed by atoms with Gasteiger partial charge < -0.3 is 5.32 Å². The highest BCUT2D eigenvalue weighted by molar-refractivity contribution is 5.46. The lowest BCUT2D eigenvalue weighted by atomic mass is 10.2. The molecule has 18 heavy (non-hydrogen) atoms. The molecular formula is C12H19N5O. The van der Waals surface area contributed by atoms with Crippen LogP contribution in [0.1, 0.15) is 39.3 Å². The number of rotatable bonds is 5. The topological polar surface area (TPSA) is 75.1 Å². The molecule has 0 saturated carbocycles. The average molecular weight is 249 g/mol. The molecule has 0 fully saturated rings. The fraction of sp³-hybridized carbons (Fsp3) is 0.583. The highest BCUT2D eigenvalue weighted by Crippen LogP contribution is 2.11. The Kier molecular flexibility index (Phi) is 3.64. The summed E-state index contributed by atoms with van der Waals surface area (Å²) in [4.78, 5) is 16.2. The molecule has 0 unspecified atom stereocenters. The molecule has 1 atom stereocenters. The van der Waals surface area contributed by atoms with Crippen LogP contribution in [-0.4, -0.2) is 25.6 Å². The van der Waals surface area contributed by atoms with E-state index in [0.717, 1.165) is 25.0 Å². The molecule has 2 aromatic rings. The van der Waals surface area contributed by atoms with Gasteiger partial charge in [-0.3, -0.25) is 0 Å². The fourth-order valence-electron chi connectivity index (χ4n) is 1.78. The molecule has 6 heteroatoms. The van der Waals surface area contributed by atoms with Gasteiger partial charge in [-0.1, -0.05) is 20.3 Å². The van der Waals surface area contributed by atoms with Crippen molar-refractivity contribution < 1.29 is 0 Å². The minimum absolute atomic E-state index is 0.258. The van der Waals surface area contributed by atoms with E-state index in [0.29, 0.717) is 11.6 Å². The minimum Gasteiger partial charge on any atom is -0.353 e. The van der Waals surface area contributed by atoms with Gasteiger partial charge in [0, 0.05) is 17.8 Å². The molecule has 2 N–H and O–H groups in total. The number of hydrogen-bond donors (Lipinski definition) is 2. The number of H-pyrrole nitrogens is 1. The van der Waals surface area contributed by atoms with E-state index < -0.39 is 0 Å². The van der Waals surface area contributed by atoms with Crippen LogP contribution in [0.3, 0.4) is 0 Å². The molecule has 2 aromatic heterocycles. The summed E-state index contributed by atoms with van der Waals surface area (Å²) in [5.74, 6) is 0.573. The van der Waals surface area contributed by atoms with Crippen LogP contribution in [0, 0.1) is 0 Å². The molecule has 0 aliphatic heterocycles. The molecule has 2 rings (SSSR count). The van der Waals surface area contributed by atoms with Crippen molar-refractivity contribution in [2.24, 2.45) is 0 Å². The van der Waals surface area contributed by atoms with Crippen molar-refractivity contribution in [2.45, 2.75) is 46.1 Å². The van der Waals surface area contributed by atoms with Crippen molar-refractivity contribution in [2.75, 3.05) is 5.32 Å². The van der Waals surface area contributed by atoms with Gasteiger partial charge in [-0.05, 0) is 19.8 Å². The van der Waals surface area contributed by atoms with E-state index in [2.05, 4.69) is 41.3 Å². The normalized spacial score (nSPS) is 12.8. The lowest BCUT2D eigenvalue weighted by Gasteiger charge is -2.13. The first-order chi connectivity index (χ1) is 8.65. The second-order valence-corrected chi connectivity index (χ2v) is 4.50. The third-order valence-electron chi connectivity index (χ3n) is 2.95. The average Bonchev–Trinajstić information content (AvgIpc) is 2.71. The molecule has 0 radical (unpaired) electrons. The summed E-state index contributed by atoms with van der Waals surface area (Å²) >= 11 is 0. The Balaban J connectivity index is 2.51. The smallest absolute Gasteiger partial charge is 0.350 e. The number of fused-ring (bicyclic) bond motifs is 1. The summed E-state index contributed by atoms with van der Waals surface area (Å²) in [7, 11) is 0. The molecule has 0 saturated heterocycles. The maximum atomic E-state index is 11.7. The molecule has 0 amide bonds. The van der Waals surface area contributed by atoms with Gasteiger partial charge in [0.05, 0.1) is 0 Å². The van der Waals surface area contributed by atoms with Crippen molar-refractivity contribution in [1.82, 2.24) is 19.6 Å². The summed E-state index contributed by atoms with van der Waals surface area (Å²) in [6, 6.07) is 2.11. The highest BCUT2D eigenvalue weighted by Gasteiger charge is 2.11. The molecule has 0 spiro atoms. The molecule has 0 bridgehead atoms. The Bertz CT molecular complexity index is 586. The zero-order valence-electron chi connectivity index (χ0n) is 11.0. The Morgan fingerprint density at radius 3 is 2.94 bits per heavy atom. The summed E-state index contributed by atoms with van der Waals surface area (Å²) in [5, 5.41) is 9.71. The van der Waals surface area contributed by atoms with Gasteiger partial charge >= 0.3 is 5.69 Å². The molecule has 0 aliphatic carbocycles. The van der Waals surface area contributed by atoms with Crippen LogP contribution >= 0.6 is 0 Å². The van der Waals surface area contributed by atoms with Gasteiger partial charge in [0.25, 0.3) is 0 Å². The minimum atomic E-state index is -0.258. The third kappa shape index (κ3) is 2.37. The lowest BCUT2D eigenvalue weighted by molar-refractivity contribution is 0.742. The largest absolute Gasteiger partial charge is 0.353 e. The number of anilines is 1. The maximum Gasteiger partial charge on any atom is 0.350 e. The van der Waals surface area contributed by atoms with E-state index >= 15 is 0 Å². The summed E-state index contributed by atoms with van der Waals surface area (Å²) in [5.41, 5.74) is 1.31. The predicted octanol–water partition coefficient (Wildman–Crippen LogP) is 1.58. The van der Waals surface area contributed by atoms with Gasteiger partial charge in [-0.25, -0.2) is 19.3 Å². The Morgan fingerprint density at radius 2 is 2.28 bits per heavy atom. The number of aromatic nitrogens is 4. The van der Waals surface area contributed by atoms with Gasteiger partial charge in [0.15, 0.2) is 5.65 Å². The maximum absolute atomic E-state index is 11.7. The summed E-state index contributed by atoms with van der Waals surface area (Å²) < 4.78 is 1.48. The quantitative estimate of drug-likeness (QED) is 0.843. The lowest BCUT2D eigenvalue weighted by Crippen LogP contribution is -2.22. The first-order valence-electron chi connectivity index (χ1n) is 6.39. The first kappa shape index (κ1) is 12.6. The van der Waals surface area contributed by atoms with Gasteiger partial charge in [-0.15, -0.1) is 0 Å². The van der Waals surface area contributed by atoms with Crippen LogP contribution in [0.25, 0.3) is 5.65 Å². The Labute approximate surface area is 105 Å². The second kappa shape index (κ2) is 5.20. The summed E-state index contributed by atoms with van der Waals surface area (Å²) in [6.07, 6.45) is 2.86. The highest BCUT2D eigenvalue weighted by atomic mass is 16.1. The Morgan fingerprint density at radius 1 is 1.50 bits per heavy atom. The first-order valence-corrected chi connectivity index (χ1v) is 6.39. The predicted molar refractivity (Wildman–Crippen MR) is 71.0 cm³/mol. The van der Waals surface area contributed by atoms with Gasteiger partial charge in [0.2, 0.25) is 5.95 Å². The third-order valence-corrected chi connectivity index (χ3v) is 2.95. The van der Waals surface area contributed by atoms with E-state index in [-0.39, 0.29) is 11.7 Å². The molecular weight excluding hydrogens is 230 g/mol. The molecule has 0 aliphatic rings. The van der Waals surface area contributed by atoms with Crippen molar-refractivity contribution in [1.29, 1.82) is 0 Å². The SMILES string of the molecule is CCCc1cc2n[nH]c(=O)n2c(N[C@@H](C)CC)n1. The van der Waals surface area contributed by atoms with E-state index in [1.165, 1.54) is 4.40 Å². The van der Waals surface area contributed by atoms with Crippen LogP contribution in [0.4, 0.5) is 5.95 Å². The number of aromatic amines is 1. The van der Waals surface area contributed by atoms with Crippen molar-refractivity contribution in [3.05, 3.63) is 22.2 Å². The fourth-order valence-corrected chi connectivity index (χ4v) is 1.78. The van der Waals surface area contributed by atoms with Crippen LogP contribution in [-0.2, 0) is 6.42 Å². The van der Waals surface area contributed by atoms with Crippen LogP contribution in [0.15, 0.2) is 10.9 Å². The molecule has 2 heterocycles. The number of hydrogen-bond acceptors (Lipinski definition) is 4.